The van der Waals surface area contributed by atoms with E-state index in [-0.39, 0.29) is 0 Å². The summed E-state index contributed by atoms with van der Waals surface area (Å²) in [5.74, 6) is 0. The monoisotopic (exact) mass is 531 g/mol. The van der Waals surface area contributed by atoms with Crippen molar-refractivity contribution in [1.29, 1.82) is 0 Å². The maximum atomic E-state index is 2.40. The van der Waals surface area contributed by atoms with Crippen LogP contribution < -0.4 is 0 Å². The van der Waals surface area contributed by atoms with Crippen molar-refractivity contribution in [2.45, 2.75) is 219 Å². The zero-order valence-electron chi connectivity index (χ0n) is 26.9. The van der Waals surface area contributed by atoms with Gasteiger partial charge in [-0.15, -0.1) is 0 Å². The number of rotatable bonds is 33. The Labute approximate surface area is 243 Å². The van der Waals surface area contributed by atoms with Crippen LogP contribution in [0.5, 0.6) is 0 Å². The molecular formula is C38H74. The van der Waals surface area contributed by atoms with Gasteiger partial charge >= 0.3 is 0 Å². The molecular weight excluding hydrogens is 456 g/mol. The van der Waals surface area contributed by atoms with Crippen molar-refractivity contribution in [2.75, 3.05) is 0 Å². The summed E-state index contributed by atoms with van der Waals surface area (Å²) in [6.45, 7) is 4.58. The standard InChI is InChI=1S/C38H74/c1-3-5-7-9-11-13-15-17-19-21-23-25-27-29-31-33-35-37-38-36-34-32-30-28-26-24-22-20-18-16-14-12-10-8-6-4-2/h11,13,17,19H,3-10,12,14-16,18,20-38H2,1-2H3. The van der Waals surface area contributed by atoms with Crippen LogP contribution in [0.15, 0.2) is 24.3 Å². The Balaban J connectivity index is 3.08. The molecule has 0 saturated carbocycles. The number of hydrogen-bond acceptors (Lipinski definition) is 0. The zero-order chi connectivity index (χ0) is 27.5. The van der Waals surface area contributed by atoms with Gasteiger partial charge in [0.25, 0.3) is 0 Å². The first kappa shape index (κ1) is 37.5. The molecule has 0 aliphatic rings. The third kappa shape index (κ3) is 35.5. The summed E-state index contributed by atoms with van der Waals surface area (Å²) in [7, 11) is 0. The second kappa shape index (κ2) is 36.5. The summed E-state index contributed by atoms with van der Waals surface area (Å²) in [4.78, 5) is 0. The van der Waals surface area contributed by atoms with Gasteiger partial charge in [-0.05, 0) is 32.1 Å². The second-order valence-corrected chi connectivity index (χ2v) is 12.3. The average molecular weight is 531 g/mol. The summed E-state index contributed by atoms with van der Waals surface area (Å²) >= 11 is 0. The third-order valence-electron chi connectivity index (χ3n) is 8.30. The molecule has 0 heterocycles. The molecule has 0 aromatic heterocycles. The van der Waals surface area contributed by atoms with Gasteiger partial charge in [0, 0.05) is 0 Å². The minimum atomic E-state index is 1.13. The van der Waals surface area contributed by atoms with Gasteiger partial charge in [-0.25, -0.2) is 0 Å². The normalized spacial score (nSPS) is 11.9. The Bertz CT molecular complexity index is 445. The molecule has 0 spiro atoms. The number of allylic oxidation sites excluding steroid dienone is 4. The van der Waals surface area contributed by atoms with Crippen LogP contribution in [0.2, 0.25) is 0 Å². The Morgan fingerprint density at radius 2 is 0.447 bits per heavy atom. The van der Waals surface area contributed by atoms with Crippen LogP contribution in [-0.4, -0.2) is 0 Å². The molecule has 0 N–H and O–H groups in total. The maximum Gasteiger partial charge on any atom is -0.0169 e. The lowest BCUT2D eigenvalue weighted by atomic mass is 10.0. The van der Waals surface area contributed by atoms with Crippen molar-refractivity contribution in [3.05, 3.63) is 24.3 Å². The Hall–Kier alpha value is -0.520. The predicted octanol–water partition coefficient (Wildman–Crippen LogP) is 14.6. The van der Waals surface area contributed by atoms with Crippen LogP contribution in [0, 0.1) is 0 Å². The summed E-state index contributed by atoms with van der Waals surface area (Å²) in [6.07, 6.45) is 55.4. The largest absolute Gasteiger partial charge is 0.0882 e. The van der Waals surface area contributed by atoms with Gasteiger partial charge < -0.3 is 0 Å². The number of hydrogen-bond donors (Lipinski definition) is 0. The third-order valence-corrected chi connectivity index (χ3v) is 8.30. The molecule has 0 aromatic rings. The maximum absolute atomic E-state index is 2.40. The SMILES string of the molecule is CCCCCC=CCC=CCCCCCCCCCCCCCCCCCCCCCCCCCCCC. The smallest absolute Gasteiger partial charge is 0.0169 e. The Kier molecular flexibility index (Phi) is 36.0. The molecule has 226 valence electrons. The topological polar surface area (TPSA) is 0 Å². The van der Waals surface area contributed by atoms with Crippen molar-refractivity contribution in [3.63, 3.8) is 0 Å². The summed E-state index contributed by atoms with van der Waals surface area (Å²) in [5, 5.41) is 0. The quantitative estimate of drug-likeness (QED) is 0.0584. The van der Waals surface area contributed by atoms with Crippen molar-refractivity contribution in [2.24, 2.45) is 0 Å². The molecule has 0 atom stereocenters. The molecule has 0 aliphatic carbocycles. The van der Waals surface area contributed by atoms with Crippen LogP contribution in [0.1, 0.15) is 219 Å². The van der Waals surface area contributed by atoms with E-state index >= 15 is 0 Å². The van der Waals surface area contributed by atoms with Crippen LogP contribution >= 0.6 is 0 Å². The summed E-state index contributed by atoms with van der Waals surface area (Å²) in [6, 6.07) is 0. The van der Waals surface area contributed by atoms with Crippen LogP contribution in [0.4, 0.5) is 0 Å². The van der Waals surface area contributed by atoms with Gasteiger partial charge in [0.1, 0.15) is 0 Å². The minimum Gasteiger partial charge on any atom is -0.0882 e. The zero-order valence-corrected chi connectivity index (χ0v) is 26.9. The van der Waals surface area contributed by atoms with Crippen LogP contribution in [0.25, 0.3) is 0 Å². The van der Waals surface area contributed by atoms with Crippen LogP contribution in [0.3, 0.4) is 0 Å². The predicted molar refractivity (Wildman–Crippen MR) is 177 cm³/mol. The molecule has 38 heavy (non-hydrogen) atoms. The molecule has 0 amide bonds. The van der Waals surface area contributed by atoms with E-state index in [1.54, 1.807) is 0 Å². The molecule has 0 heteroatoms. The van der Waals surface area contributed by atoms with E-state index in [0.717, 1.165) is 6.42 Å². The van der Waals surface area contributed by atoms with Gasteiger partial charge in [-0.1, -0.05) is 212 Å². The average Bonchev–Trinajstić information content (AvgIpc) is 2.93. The fourth-order valence-corrected chi connectivity index (χ4v) is 5.60. The van der Waals surface area contributed by atoms with E-state index in [0.29, 0.717) is 0 Å². The first-order chi connectivity index (χ1) is 18.9. The van der Waals surface area contributed by atoms with E-state index in [2.05, 4.69) is 38.2 Å². The van der Waals surface area contributed by atoms with E-state index in [4.69, 9.17) is 0 Å². The summed E-state index contributed by atoms with van der Waals surface area (Å²) < 4.78 is 0. The first-order valence-corrected chi connectivity index (χ1v) is 18.2. The minimum absolute atomic E-state index is 1.13. The van der Waals surface area contributed by atoms with Crippen LogP contribution in [-0.2, 0) is 0 Å². The van der Waals surface area contributed by atoms with Gasteiger partial charge in [-0.3, -0.25) is 0 Å². The van der Waals surface area contributed by atoms with Crippen molar-refractivity contribution in [3.8, 4) is 0 Å². The molecule has 0 saturated heterocycles. The lowest BCUT2D eigenvalue weighted by Gasteiger charge is -2.04. The van der Waals surface area contributed by atoms with Crippen molar-refractivity contribution in [1.82, 2.24) is 0 Å². The van der Waals surface area contributed by atoms with Crippen molar-refractivity contribution < 1.29 is 0 Å². The second-order valence-electron chi connectivity index (χ2n) is 12.3. The first-order valence-electron chi connectivity index (χ1n) is 18.2. The highest BCUT2D eigenvalue weighted by atomic mass is 14.0. The molecule has 0 radical (unpaired) electrons. The highest BCUT2D eigenvalue weighted by Gasteiger charge is 1.96. The molecule has 0 nitrogen and oxygen atoms in total. The molecule has 0 rings (SSSR count). The lowest BCUT2D eigenvalue weighted by molar-refractivity contribution is 0.515. The van der Waals surface area contributed by atoms with E-state index in [1.165, 1.54) is 199 Å². The Morgan fingerprint density at radius 1 is 0.237 bits per heavy atom. The van der Waals surface area contributed by atoms with E-state index in [1.807, 2.05) is 0 Å². The molecule has 0 unspecified atom stereocenters. The Morgan fingerprint density at radius 3 is 0.737 bits per heavy atom. The lowest BCUT2D eigenvalue weighted by Crippen LogP contribution is -1.84. The molecule has 0 aliphatic heterocycles. The fourth-order valence-electron chi connectivity index (χ4n) is 5.60. The van der Waals surface area contributed by atoms with E-state index in [9.17, 15) is 0 Å². The van der Waals surface area contributed by atoms with Gasteiger partial charge in [0.2, 0.25) is 0 Å². The highest BCUT2D eigenvalue weighted by Crippen LogP contribution is 2.16. The van der Waals surface area contributed by atoms with Crippen molar-refractivity contribution >= 4 is 0 Å². The van der Waals surface area contributed by atoms with E-state index < -0.39 is 0 Å². The van der Waals surface area contributed by atoms with Gasteiger partial charge in [0.15, 0.2) is 0 Å². The van der Waals surface area contributed by atoms with Gasteiger partial charge in [0.05, 0.1) is 0 Å². The number of unbranched alkanes of at least 4 members (excludes halogenated alkanes) is 29. The van der Waals surface area contributed by atoms with Gasteiger partial charge in [-0.2, -0.15) is 0 Å². The molecule has 0 aromatic carbocycles. The molecule has 0 bridgehead atoms. The molecule has 0 fully saturated rings. The fraction of sp³-hybridized carbons (Fsp3) is 0.895. The summed E-state index contributed by atoms with van der Waals surface area (Å²) in [5.41, 5.74) is 0. The highest BCUT2D eigenvalue weighted by molar-refractivity contribution is 4.92.